The number of nitrogens with zero attached hydrogens (tertiary/aromatic N) is 2. The molecule has 0 spiro atoms. The average Bonchev–Trinajstić information content (AvgIpc) is 2.91. The van der Waals surface area contributed by atoms with Crippen LogP contribution < -0.4 is 10.2 Å². The quantitative estimate of drug-likeness (QED) is 0.396. The molecule has 2 heterocycles. The molecule has 0 bridgehead atoms. The molecule has 8 heteroatoms. The van der Waals surface area contributed by atoms with Gasteiger partial charge in [0.25, 0.3) is 5.91 Å². The van der Waals surface area contributed by atoms with Crippen molar-refractivity contribution in [1.29, 1.82) is 0 Å². The zero-order valence-corrected chi connectivity index (χ0v) is 21.3. The highest BCUT2D eigenvalue weighted by atomic mass is 19.1. The van der Waals surface area contributed by atoms with Gasteiger partial charge in [-0.15, -0.1) is 0 Å². The summed E-state index contributed by atoms with van der Waals surface area (Å²) in [7, 11) is 0. The molecule has 0 saturated carbocycles. The first kappa shape index (κ1) is 25.5. The monoisotopic (exact) mass is 516 g/mol. The fourth-order valence-corrected chi connectivity index (χ4v) is 4.88. The summed E-state index contributed by atoms with van der Waals surface area (Å²) in [5, 5.41) is 10.1. The molecule has 3 aromatic carbocycles. The van der Waals surface area contributed by atoms with Crippen LogP contribution in [-0.4, -0.2) is 52.6 Å². The summed E-state index contributed by atoms with van der Waals surface area (Å²) >= 11 is 0. The number of benzene rings is 3. The largest absolute Gasteiger partial charge is 0.508 e. The highest BCUT2D eigenvalue weighted by molar-refractivity contribution is 5.84. The predicted octanol–water partition coefficient (Wildman–Crippen LogP) is 4.80. The van der Waals surface area contributed by atoms with Crippen LogP contribution in [0.1, 0.15) is 19.4 Å². The fraction of sp³-hybridized carbons (Fsp3) is 0.267. The summed E-state index contributed by atoms with van der Waals surface area (Å²) in [4.78, 5) is 30.7. The molecule has 1 aromatic heterocycles. The van der Waals surface area contributed by atoms with Crippen LogP contribution >= 0.6 is 0 Å². The summed E-state index contributed by atoms with van der Waals surface area (Å²) in [5.41, 5.74) is 1.45. The summed E-state index contributed by atoms with van der Waals surface area (Å²) in [6.07, 6.45) is 0. The fourth-order valence-electron chi connectivity index (χ4n) is 4.88. The van der Waals surface area contributed by atoms with Gasteiger partial charge in [-0.25, -0.2) is 4.39 Å². The molecular formula is C30H29FN2O5. The Labute approximate surface area is 219 Å². The standard InChI is InChI=1S/C30H29FN2O5/c1-19-16-33(20(2)15-32(19)17-21-8-10-23(31)11-9-21)27(35)18-37-30-28(36)25-13-12-24(34)14-26(25)38-29(30)22-6-4-3-5-7-22/h3-14,19-20,34H,15-18H2,1-2H3/t19-,20+/m1/s1. The third kappa shape index (κ3) is 5.26. The van der Waals surface area contributed by atoms with E-state index >= 15 is 0 Å². The number of aromatic hydroxyl groups is 1. The van der Waals surface area contributed by atoms with Gasteiger partial charge in [-0.3, -0.25) is 14.5 Å². The van der Waals surface area contributed by atoms with Crippen LogP contribution in [0.5, 0.6) is 11.5 Å². The molecule has 1 fully saturated rings. The summed E-state index contributed by atoms with van der Waals surface area (Å²) in [6, 6.07) is 19.8. The zero-order chi connectivity index (χ0) is 26.8. The van der Waals surface area contributed by atoms with Gasteiger partial charge in [0.05, 0.1) is 5.39 Å². The van der Waals surface area contributed by atoms with Crippen LogP contribution in [0, 0.1) is 5.82 Å². The maximum absolute atomic E-state index is 13.4. The molecule has 7 nitrogen and oxygen atoms in total. The molecule has 1 aliphatic heterocycles. The van der Waals surface area contributed by atoms with E-state index < -0.39 is 5.43 Å². The van der Waals surface area contributed by atoms with Crippen LogP contribution in [0.25, 0.3) is 22.3 Å². The van der Waals surface area contributed by atoms with Crippen LogP contribution in [0.3, 0.4) is 0 Å². The molecule has 2 atom stereocenters. The number of amides is 1. The number of rotatable bonds is 6. The maximum Gasteiger partial charge on any atom is 0.260 e. The normalized spacial score (nSPS) is 18.0. The first-order valence-electron chi connectivity index (χ1n) is 12.6. The van der Waals surface area contributed by atoms with Crippen LogP contribution in [-0.2, 0) is 11.3 Å². The van der Waals surface area contributed by atoms with Gasteiger partial charge in [0, 0.05) is 43.3 Å². The van der Waals surface area contributed by atoms with Gasteiger partial charge >= 0.3 is 0 Å². The first-order chi connectivity index (χ1) is 18.3. The van der Waals surface area contributed by atoms with Crippen molar-refractivity contribution >= 4 is 16.9 Å². The zero-order valence-electron chi connectivity index (χ0n) is 21.3. The van der Waals surface area contributed by atoms with Crippen molar-refractivity contribution in [2.24, 2.45) is 0 Å². The number of fused-ring (bicyclic) bond motifs is 1. The van der Waals surface area contributed by atoms with Gasteiger partial charge in [0.2, 0.25) is 11.2 Å². The Hall–Kier alpha value is -4.17. The van der Waals surface area contributed by atoms with Crippen molar-refractivity contribution < 1.29 is 23.4 Å². The third-order valence-corrected chi connectivity index (χ3v) is 6.94. The van der Waals surface area contributed by atoms with E-state index in [4.69, 9.17) is 9.15 Å². The SMILES string of the molecule is C[C@@H]1CN(C(=O)COc2c(-c3ccccc3)oc3cc(O)ccc3c2=O)[C@@H](C)CN1Cc1ccc(F)cc1. The Morgan fingerprint density at radius 3 is 2.50 bits per heavy atom. The van der Waals surface area contributed by atoms with Gasteiger partial charge in [0.1, 0.15) is 17.1 Å². The second-order valence-electron chi connectivity index (χ2n) is 9.72. The van der Waals surface area contributed by atoms with Crippen molar-refractivity contribution in [1.82, 2.24) is 9.80 Å². The van der Waals surface area contributed by atoms with Gasteiger partial charge < -0.3 is 19.2 Å². The second-order valence-corrected chi connectivity index (χ2v) is 9.72. The van der Waals surface area contributed by atoms with E-state index in [2.05, 4.69) is 11.8 Å². The lowest BCUT2D eigenvalue weighted by Crippen LogP contribution is -2.58. The lowest BCUT2D eigenvalue weighted by atomic mass is 10.1. The van der Waals surface area contributed by atoms with E-state index in [0.717, 1.165) is 5.56 Å². The topological polar surface area (TPSA) is 83.2 Å². The lowest BCUT2D eigenvalue weighted by Gasteiger charge is -2.44. The first-order valence-corrected chi connectivity index (χ1v) is 12.6. The number of carbonyl (C=O) groups is 1. The van der Waals surface area contributed by atoms with Crippen molar-refractivity contribution in [2.75, 3.05) is 19.7 Å². The van der Waals surface area contributed by atoms with Crippen molar-refractivity contribution in [3.05, 3.63) is 94.4 Å². The minimum Gasteiger partial charge on any atom is -0.508 e. The van der Waals surface area contributed by atoms with Gasteiger partial charge in [-0.2, -0.15) is 0 Å². The molecule has 0 aliphatic carbocycles. The van der Waals surface area contributed by atoms with Gasteiger partial charge in [-0.1, -0.05) is 42.5 Å². The highest BCUT2D eigenvalue weighted by Gasteiger charge is 2.32. The lowest BCUT2D eigenvalue weighted by molar-refractivity contribution is -0.139. The number of phenols is 1. The number of ether oxygens (including phenoxy) is 1. The Bertz CT molecular complexity index is 1500. The molecule has 1 aliphatic rings. The molecule has 0 unspecified atom stereocenters. The summed E-state index contributed by atoms with van der Waals surface area (Å²) in [5.74, 6) is -0.356. The molecule has 1 N–H and O–H groups in total. The molecule has 4 aromatic rings. The number of halogens is 1. The minimum atomic E-state index is -0.413. The molecule has 1 saturated heterocycles. The van der Waals surface area contributed by atoms with Gasteiger partial charge in [0.15, 0.2) is 12.4 Å². The minimum absolute atomic E-state index is 0.0230. The number of carbonyl (C=O) groups excluding carboxylic acids is 1. The van der Waals surface area contributed by atoms with Crippen molar-refractivity contribution in [3.63, 3.8) is 0 Å². The van der Waals surface area contributed by atoms with E-state index in [1.165, 1.54) is 30.3 Å². The van der Waals surface area contributed by atoms with E-state index in [0.29, 0.717) is 25.2 Å². The van der Waals surface area contributed by atoms with Gasteiger partial charge in [-0.05, 0) is 43.7 Å². The van der Waals surface area contributed by atoms with Crippen LogP contribution in [0.4, 0.5) is 4.39 Å². The molecule has 196 valence electrons. The molecule has 5 rings (SSSR count). The Morgan fingerprint density at radius 1 is 1.03 bits per heavy atom. The second kappa shape index (κ2) is 10.7. The summed E-state index contributed by atoms with van der Waals surface area (Å²) in [6.45, 7) is 5.54. The molecule has 0 radical (unpaired) electrons. The number of hydrogen-bond acceptors (Lipinski definition) is 6. The predicted molar refractivity (Wildman–Crippen MR) is 143 cm³/mol. The van der Waals surface area contributed by atoms with E-state index in [1.807, 2.05) is 25.1 Å². The highest BCUT2D eigenvalue weighted by Crippen LogP contribution is 2.32. The van der Waals surface area contributed by atoms with E-state index in [-0.39, 0.29) is 58.6 Å². The van der Waals surface area contributed by atoms with E-state index in [1.54, 1.807) is 29.2 Å². The number of phenolic OH excluding ortho intramolecular Hbond substituents is 1. The Balaban J connectivity index is 1.34. The number of hydrogen-bond donors (Lipinski definition) is 1. The number of piperazine rings is 1. The Morgan fingerprint density at radius 2 is 1.76 bits per heavy atom. The smallest absolute Gasteiger partial charge is 0.260 e. The molecule has 1 amide bonds. The van der Waals surface area contributed by atoms with Crippen LogP contribution in [0.15, 0.2) is 82.0 Å². The van der Waals surface area contributed by atoms with Crippen molar-refractivity contribution in [2.45, 2.75) is 32.5 Å². The summed E-state index contributed by atoms with van der Waals surface area (Å²) < 4.78 is 25.2. The Kier molecular flexibility index (Phi) is 7.15. The molecule has 38 heavy (non-hydrogen) atoms. The average molecular weight is 517 g/mol. The molecular weight excluding hydrogens is 487 g/mol. The third-order valence-electron chi connectivity index (χ3n) is 6.94. The maximum atomic E-state index is 13.4. The van der Waals surface area contributed by atoms with Crippen molar-refractivity contribution in [3.8, 4) is 22.8 Å². The van der Waals surface area contributed by atoms with E-state index in [9.17, 15) is 19.1 Å². The van der Waals surface area contributed by atoms with Crippen LogP contribution in [0.2, 0.25) is 0 Å².